The predicted molar refractivity (Wildman–Crippen MR) is 47.2 cm³/mol. The molecule has 1 aliphatic heterocycles. The summed E-state index contributed by atoms with van der Waals surface area (Å²) in [5.74, 6) is 0.0155. The van der Waals surface area contributed by atoms with Crippen LogP contribution in [0.15, 0.2) is 23.0 Å². The second-order valence-electron chi connectivity index (χ2n) is 3.31. The molecule has 0 radical (unpaired) electrons. The molecule has 0 spiro atoms. The van der Waals surface area contributed by atoms with Gasteiger partial charge in [0.2, 0.25) is 0 Å². The predicted octanol–water partition coefficient (Wildman–Crippen LogP) is 0.453. The molecule has 1 fully saturated rings. The summed E-state index contributed by atoms with van der Waals surface area (Å²) in [5, 5.41) is 0. The molecule has 4 heteroatoms. The van der Waals surface area contributed by atoms with E-state index in [2.05, 4.69) is 0 Å². The molecule has 1 aromatic rings. The van der Waals surface area contributed by atoms with E-state index in [0.29, 0.717) is 12.1 Å². The topological polar surface area (TPSA) is 59.5 Å². The molecule has 0 aromatic carbocycles. The SMILES string of the molecule is N[C@H]1CCN(C(=O)c2ccoc2)C1. The average molecular weight is 180 g/mol. The maximum Gasteiger partial charge on any atom is 0.257 e. The van der Waals surface area contributed by atoms with Gasteiger partial charge < -0.3 is 15.1 Å². The monoisotopic (exact) mass is 180 g/mol. The normalized spacial score (nSPS) is 22.2. The zero-order valence-corrected chi connectivity index (χ0v) is 7.27. The molecule has 0 aliphatic carbocycles. The maximum absolute atomic E-state index is 11.7. The van der Waals surface area contributed by atoms with Gasteiger partial charge in [-0.3, -0.25) is 4.79 Å². The minimum atomic E-state index is 0.0155. The number of carbonyl (C=O) groups is 1. The number of nitrogens with zero attached hydrogens (tertiary/aromatic N) is 1. The van der Waals surface area contributed by atoms with Gasteiger partial charge in [0, 0.05) is 19.1 Å². The van der Waals surface area contributed by atoms with E-state index < -0.39 is 0 Å². The standard InChI is InChI=1S/C9H12N2O2/c10-8-1-3-11(5-8)9(12)7-2-4-13-6-7/h2,4,6,8H,1,3,5,10H2/t8-/m0/s1. The first-order valence-electron chi connectivity index (χ1n) is 4.34. The van der Waals surface area contributed by atoms with E-state index in [0.717, 1.165) is 13.0 Å². The summed E-state index contributed by atoms with van der Waals surface area (Å²) in [6, 6.07) is 1.81. The van der Waals surface area contributed by atoms with E-state index in [9.17, 15) is 4.79 Å². The highest BCUT2D eigenvalue weighted by molar-refractivity contribution is 5.94. The van der Waals surface area contributed by atoms with Gasteiger partial charge in [0.05, 0.1) is 11.8 Å². The van der Waals surface area contributed by atoms with E-state index in [1.165, 1.54) is 12.5 Å². The molecule has 13 heavy (non-hydrogen) atoms. The molecular weight excluding hydrogens is 168 g/mol. The van der Waals surface area contributed by atoms with Gasteiger partial charge in [-0.15, -0.1) is 0 Å². The fourth-order valence-electron chi connectivity index (χ4n) is 1.54. The van der Waals surface area contributed by atoms with Crippen LogP contribution in [0.25, 0.3) is 0 Å². The summed E-state index contributed by atoms with van der Waals surface area (Å²) in [7, 11) is 0. The summed E-state index contributed by atoms with van der Waals surface area (Å²) < 4.78 is 4.84. The van der Waals surface area contributed by atoms with Crippen molar-refractivity contribution in [1.82, 2.24) is 4.90 Å². The number of furan rings is 1. The Kier molecular flexibility index (Phi) is 2.06. The summed E-state index contributed by atoms with van der Waals surface area (Å²) >= 11 is 0. The zero-order chi connectivity index (χ0) is 9.26. The number of hydrogen-bond donors (Lipinski definition) is 1. The van der Waals surface area contributed by atoms with Crippen molar-refractivity contribution >= 4 is 5.91 Å². The van der Waals surface area contributed by atoms with Crippen LogP contribution in [0.5, 0.6) is 0 Å². The Hall–Kier alpha value is -1.29. The van der Waals surface area contributed by atoms with Crippen LogP contribution in [-0.4, -0.2) is 29.9 Å². The number of carbonyl (C=O) groups excluding carboxylic acids is 1. The molecule has 1 aliphatic rings. The molecule has 2 heterocycles. The third kappa shape index (κ3) is 1.58. The molecule has 1 aromatic heterocycles. The molecule has 1 amide bonds. The molecular formula is C9H12N2O2. The highest BCUT2D eigenvalue weighted by atomic mass is 16.3. The van der Waals surface area contributed by atoms with E-state index in [1.807, 2.05) is 0 Å². The Labute approximate surface area is 76.3 Å². The third-order valence-electron chi connectivity index (χ3n) is 2.28. The molecule has 2 N–H and O–H groups in total. The van der Waals surface area contributed by atoms with Gasteiger partial charge in [0.15, 0.2) is 0 Å². The first-order chi connectivity index (χ1) is 6.27. The molecule has 0 saturated carbocycles. The summed E-state index contributed by atoms with van der Waals surface area (Å²) in [5.41, 5.74) is 6.30. The van der Waals surface area contributed by atoms with Crippen molar-refractivity contribution in [2.75, 3.05) is 13.1 Å². The first kappa shape index (κ1) is 8.31. The summed E-state index contributed by atoms with van der Waals surface area (Å²) in [6.45, 7) is 1.41. The molecule has 70 valence electrons. The maximum atomic E-state index is 11.7. The van der Waals surface area contributed by atoms with E-state index in [-0.39, 0.29) is 11.9 Å². The Balaban J connectivity index is 2.06. The lowest BCUT2D eigenvalue weighted by atomic mass is 10.3. The van der Waals surface area contributed by atoms with Crippen LogP contribution in [0.4, 0.5) is 0 Å². The van der Waals surface area contributed by atoms with Crippen molar-refractivity contribution < 1.29 is 9.21 Å². The second kappa shape index (κ2) is 3.22. The quantitative estimate of drug-likeness (QED) is 0.682. The van der Waals surface area contributed by atoms with Crippen LogP contribution in [0, 0.1) is 0 Å². The highest BCUT2D eigenvalue weighted by Crippen LogP contribution is 2.12. The van der Waals surface area contributed by atoms with Crippen LogP contribution >= 0.6 is 0 Å². The Morgan fingerprint density at radius 2 is 2.54 bits per heavy atom. The van der Waals surface area contributed by atoms with Crippen molar-refractivity contribution in [3.8, 4) is 0 Å². The van der Waals surface area contributed by atoms with E-state index in [4.69, 9.17) is 10.2 Å². The Morgan fingerprint density at radius 1 is 1.69 bits per heavy atom. The average Bonchev–Trinajstić information content (AvgIpc) is 2.72. The third-order valence-corrected chi connectivity index (χ3v) is 2.28. The minimum absolute atomic E-state index is 0.0155. The van der Waals surface area contributed by atoms with Crippen molar-refractivity contribution in [3.05, 3.63) is 24.2 Å². The van der Waals surface area contributed by atoms with Gasteiger partial charge in [-0.05, 0) is 12.5 Å². The molecule has 0 unspecified atom stereocenters. The molecule has 1 atom stereocenters. The van der Waals surface area contributed by atoms with Crippen molar-refractivity contribution in [1.29, 1.82) is 0 Å². The fourth-order valence-corrected chi connectivity index (χ4v) is 1.54. The van der Waals surface area contributed by atoms with Gasteiger partial charge in [-0.25, -0.2) is 0 Å². The molecule has 1 saturated heterocycles. The van der Waals surface area contributed by atoms with Gasteiger partial charge in [0.1, 0.15) is 6.26 Å². The van der Waals surface area contributed by atoms with E-state index >= 15 is 0 Å². The van der Waals surface area contributed by atoms with E-state index in [1.54, 1.807) is 11.0 Å². The minimum Gasteiger partial charge on any atom is -0.472 e. The van der Waals surface area contributed by atoms with Gasteiger partial charge in [0.25, 0.3) is 5.91 Å². The van der Waals surface area contributed by atoms with Crippen molar-refractivity contribution in [3.63, 3.8) is 0 Å². The van der Waals surface area contributed by atoms with Gasteiger partial charge in [-0.2, -0.15) is 0 Å². The number of nitrogens with two attached hydrogens (primary N) is 1. The molecule has 4 nitrogen and oxygen atoms in total. The number of hydrogen-bond acceptors (Lipinski definition) is 3. The van der Waals surface area contributed by atoms with Crippen LogP contribution < -0.4 is 5.73 Å². The number of likely N-dealkylation sites (tertiary alicyclic amines) is 1. The smallest absolute Gasteiger partial charge is 0.257 e. The summed E-state index contributed by atoms with van der Waals surface area (Å²) in [4.78, 5) is 13.4. The lowest BCUT2D eigenvalue weighted by Gasteiger charge is -2.13. The molecule has 0 bridgehead atoms. The van der Waals surface area contributed by atoms with Crippen molar-refractivity contribution in [2.24, 2.45) is 5.73 Å². The Morgan fingerprint density at radius 3 is 3.08 bits per heavy atom. The lowest BCUT2D eigenvalue weighted by molar-refractivity contribution is 0.0790. The van der Waals surface area contributed by atoms with Crippen LogP contribution in [-0.2, 0) is 0 Å². The summed E-state index contributed by atoms with van der Waals surface area (Å²) in [6.07, 6.45) is 3.86. The van der Waals surface area contributed by atoms with Gasteiger partial charge >= 0.3 is 0 Å². The largest absolute Gasteiger partial charge is 0.472 e. The van der Waals surface area contributed by atoms with Crippen molar-refractivity contribution in [2.45, 2.75) is 12.5 Å². The second-order valence-corrected chi connectivity index (χ2v) is 3.31. The highest BCUT2D eigenvalue weighted by Gasteiger charge is 2.24. The van der Waals surface area contributed by atoms with Crippen LogP contribution in [0.1, 0.15) is 16.8 Å². The van der Waals surface area contributed by atoms with Crippen LogP contribution in [0.3, 0.4) is 0 Å². The number of rotatable bonds is 1. The van der Waals surface area contributed by atoms with Crippen LogP contribution in [0.2, 0.25) is 0 Å². The number of amides is 1. The first-order valence-corrected chi connectivity index (χ1v) is 4.34. The fraction of sp³-hybridized carbons (Fsp3) is 0.444. The molecule has 2 rings (SSSR count). The Bertz CT molecular complexity index is 295. The van der Waals surface area contributed by atoms with Gasteiger partial charge in [-0.1, -0.05) is 0 Å². The lowest BCUT2D eigenvalue weighted by Crippen LogP contribution is -2.31. The zero-order valence-electron chi connectivity index (χ0n) is 7.27.